The van der Waals surface area contributed by atoms with Gasteiger partial charge in [0.2, 0.25) is 0 Å². The fraction of sp³-hybridized carbons (Fsp3) is 0.0357. The highest BCUT2D eigenvalue weighted by Gasteiger charge is 2.14. The first-order valence-electron chi connectivity index (χ1n) is 10.4. The van der Waals surface area contributed by atoms with Crippen molar-refractivity contribution in [2.75, 3.05) is 0 Å². The Morgan fingerprint density at radius 3 is 1.75 bits per heavy atom. The highest BCUT2D eigenvalue weighted by Crippen LogP contribution is 2.31. The molecule has 0 radical (unpaired) electrons. The molecule has 154 valence electrons. The Balaban J connectivity index is 1.52. The molecular weight excluding hydrogens is 396 g/mol. The van der Waals surface area contributed by atoms with Crippen LogP contribution in [-0.4, -0.2) is 15.9 Å². The van der Waals surface area contributed by atoms with Gasteiger partial charge in [-0.15, -0.1) is 0 Å². The maximum Gasteiger partial charge on any atom is 0.315 e. The van der Waals surface area contributed by atoms with Crippen molar-refractivity contribution in [3.63, 3.8) is 0 Å². The lowest BCUT2D eigenvalue weighted by molar-refractivity contribution is -0.133. The summed E-state index contributed by atoms with van der Waals surface area (Å²) in [7, 11) is 0. The van der Waals surface area contributed by atoms with Gasteiger partial charge in [-0.3, -0.25) is 4.79 Å². The van der Waals surface area contributed by atoms with Gasteiger partial charge in [0, 0.05) is 17.2 Å². The van der Waals surface area contributed by atoms with Gasteiger partial charge in [0.25, 0.3) is 0 Å². The van der Waals surface area contributed by atoms with Crippen LogP contribution in [0.1, 0.15) is 5.56 Å². The summed E-state index contributed by atoms with van der Waals surface area (Å²) in [5.41, 5.74) is 5.92. The standard InChI is InChI=1S/C28H20N2O2/c31-26(18-20-10-4-1-5-11-20)32-23-16-17-24-25(19-23)30-28(22-14-8-3-9-15-22)27(29-24)21-12-6-2-7-13-21/h1-17,19H,18H2. The van der Waals surface area contributed by atoms with Crippen LogP contribution in [0.5, 0.6) is 5.75 Å². The quantitative estimate of drug-likeness (QED) is 0.256. The molecule has 0 aliphatic rings. The van der Waals surface area contributed by atoms with Crippen LogP contribution >= 0.6 is 0 Å². The Bertz CT molecular complexity index is 1370. The van der Waals surface area contributed by atoms with E-state index in [2.05, 4.69) is 0 Å². The zero-order valence-corrected chi connectivity index (χ0v) is 17.3. The lowest BCUT2D eigenvalue weighted by atomic mass is 10.0. The van der Waals surface area contributed by atoms with Crippen molar-refractivity contribution in [1.29, 1.82) is 0 Å². The molecular formula is C28H20N2O2. The first-order chi connectivity index (χ1) is 15.8. The molecule has 4 aromatic carbocycles. The highest BCUT2D eigenvalue weighted by molar-refractivity contribution is 5.87. The van der Waals surface area contributed by atoms with Crippen molar-refractivity contribution in [3.05, 3.63) is 115 Å². The van der Waals surface area contributed by atoms with Crippen molar-refractivity contribution in [2.24, 2.45) is 0 Å². The molecule has 5 aromatic rings. The largest absolute Gasteiger partial charge is 0.426 e. The maximum atomic E-state index is 12.4. The highest BCUT2D eigenvalue weighted by atomic mass is 16.5. The fourth-order valence-corrected chi connectivity index (χ4v) is 3.62. The van der Waals surface area contributed by atoms with Crippen molar-refractivity contribution in [3.8, 4) is 28.3 Å². The monoisotopic (exact) mass is 416 g/mol. The third-order valence-electron chi connectivity index (χ3n) is 5.15. The summed E-state index contributed by atoms with van der Waals surface area (Å²) in [4.78, 5) is 22.2. The van der Waals surface area contributed by atoms with Crippen molar-refractivity contribution >= 4 is 17.0 Å². The summed E-state index contributed by atoms with van der Waals surface area (Å²) in [6.07, 6.45) is 0.215. The molecule has 0 spiro atoms. The Morgan fingerprint density at radius 1 is 0.625 bits per heavy atom. The molecule has 5 rings (SSSR count). The zero-order valence-electron chi connectivity index (χ0n) is 17.3. The predicted octanol–water partition coefficient (Wildman–Crippen LogP) is 6.11. The predicted molar refractivity (Wildman–Crippen MR) is 126 cm³/mol. The number of benzene rings is 4. The van der Waals surface area contributed by atoms with Crippen LogP contribution in [0.3, 0.4) is 0 Å². The minimum atomic E-state index is -0.312. The molecule has 0 saturated heterocycles. The molecule has 1 aromatic heterocycles. The molecule has 0 unspecified atom stereocenters. The maximum absolute atomic E-state index is 12.4. The second-order valence-electron chi connectivity index (χ2n) is 7.44. The van der Waals surface area contributed by atoms with Gasteiger partial charge < -0.3 is 4.74 Å². The smallest absolute Gasteiger partial charge is 0.315 e. The number of carbonyl (C=O) groups excluding carboxylic acids is 1. The average molecular weight is 416 g/mol. The fourth-order valence-electron chi connectivity index (χ4n) is 3.62. The van der Waals surface area contributed by atoms with E-state index >= 15 is 0 Å². The van der Waals surface area contributed by atoms with Crippen LogP contribution in [-0.2, 0) is 11.2 Å². The summed E-state index contributed by atoms with van der Waals surface area (Å²) in [5, 5.41) is 0. The van der Waals surface area contributed by atoms with Gasteiger partial charge in [0.15, 0.2) is 0 Å². The Labute approximate surface area is 186 Å². The van der Waals surface area contributed by atoms with Crippen LogP contribution in [0, 0.1) is 0 Å². The van der Waals surface area contributed by atoms with Crippen LogP contribution in [0.25, 0.3) is 33.5 Å². The van der Waals surface area contributed by atoms with E-state index in [-0.39, 0.29) is 12.4 Å². The molecule has 4 heteroatoms. The molecule has 0 aliphatic heterocycles. The van der Waals surface area contributed by atoms with E-state index in [1.807, 2.05) is 97.1 Å². The Hall–Kier alpha value is -4.31. The van der Waals surface area contributed by atoms with Gasteiger partial charge in [-0.25, -0.2) is 9.97 Å². The van der Waals surface area contributed by atoms with Crippen molar-refractivity contribution in [1.82, 2.24) is 9.97 Å². The number of nitrogens with zero attached hydrogens (tertiary/aromatic N) is 2. The van der Waals surface area contributed by atoms with Gasteiger partial charge in [-0.2, -0.15) is 0 Å². The Kier molecular flexibility index (Phi) is 5.41. The van der Waals surface area contributed by atoms with Crippen LogP contribution in [0.4, 0.5) is 0 Å². The number of fused-ring (bicyclic) bond motifs is 1. The van der Waals surface area contributed by atoms with E-state index in [4.69, 9.17) is 14.7 Å². The average Bonchev–Trinajstić information content (AvgIpc) is 2.85. The molecule has 0 saturated carbocycles. The zero-order chi connectivity index (χ0) is 21.8. The van der Waals surface area contributed by atoms with E-state index in [0.29, 0.717) is 11.3 Å². The lowest BCUT2D eigenvalue weighted by Gasteiger charge is -2.11. The molecule has 4 nitrogen and oxygen atoms in total. The minimum absolute atomic E-state index is 0.215. The number of rotatable bonds is 5. The number of ether oxygens (including phenoxy) is 1. The number of hydrogen-bond donors (Lipinski definition) is 0. The van der Waals surface area contributed by atoms with Crippen molar-refractivity contribution < 1.29 is 9.53 Å². The summed E-state index contributed by atoms with van der Waals surface area (Å²) in [6.45, 7) is 0. The van der Waals surface area contributed by atoms with E-state index < -0.39 is 0 Å². The third kappa shape index (κ3) is 4.25. The molecule has 1 heterocycles. The third-order valence-corrected chi connectivity index (χ3v) is 5.15. The van der Waals surface area contributed by atoms with Crippen molar-refractivity contribution in [2.45, 2.75) is 6.42 Å². The van der Waals surface area contributed by atoms with Crippen LogP contribution in [0.15, 0.2) is 109 Å². The van der Waals surface area contributed by atoms with Crippen LogP contribution in [0.2, 0.25) is 0 Å². The number of hydrogen-bond acceptors (Lipinski definition) is 4. The molecule has 0 N–H and O–H groups in total. The molecule has 0 fully saturated rings. The van der Waals surface area contributed by atoms with Gasteiger partial charge in [0.1, 0.15) is 5.75 Å². The molecule has 0 aliphatic carbocycles. The number of esters is 1. The molecule has 0 atom stereocenters. The molecule has 32 heavy (non-hydrogen) atoms. The molecule has 0 amide bonds. The van der Waals surface area contributed by atoms with E-state index in [1.165, 1.54) is 0 Å². The summed E-state index contributed by atoms with van der Waals surface area (Å²) < 4.78 is 5.58. The first-order valence-corrected chi connectivity index (χ1v) is 10.4. The molecule has 0 bridgehead atoms. The van der Waals surface area contributed by atoms with Crippen LogP contribution < -0.4 is 4.74 Å². The second-order valence-corrected chi connectivity index (χ2v) is 7.44. The normalized spacial score (nSPS) is 10.8. The lowest BCUT2D eigenvalue weighted by Crippen LogP contribution is -2.11. The second kappa shape index (κ2) is 8.82. The van der Waals surface area contributed by atoms with E-state index in [1.54, 1.807) is 12.1 Å². The van der Waals surface area contributed by atoms with E-state index in [0.717, 1.165) is 33.6 Å². The van der Waals surface area contributed by atoms with Gasteiger partial charge in [0.05, 0.1) is 28.8 Å². The van der Waals surface area contributed by atoms with E-state index in [9.17, 15) is 4.79 Å². The summed E-state index contributed by atoms with van der Waals surface area (Å²) in [5.74, 6) is 0.145. The number of aromatic nitrogens is 2. The topological polar surface area (TPSA) is 52.1 Å². The van der Waals surface area contributed by atoms with Gasteiger partial charge >= 0.3 is 5.97 Å². The number of carbonyl (C=O) groups is 1. The Morgan fingerprint density at radius 2 is 1.16 bits per heavy atom. The van der Waals surface area contributed by atoms with Gasteiger partial charge in [-0.05, 0) is 17.7 Å². The SMILES string of the molecule is O=C(Cc1ccccc1)Oc1ccc2nc(-c3ccccc3)c(-c3ccccc3)nc2c1. The summed E-state index contributed by atoms with van der Waals surface area (Å²) >= 11 is 0. The first kappa shape index (κ1) is 19.6. The summed E-state index contributed by atoms with van der Waals surface area (Å²) in [6, 6.07) is 34.9. The van der Waals surface area contributed by atoms with Gasteiger partial charge in [-0.1, -0.05) is 91.0 Å². The minimum Gasteiger partial charge on any atom is -0.426 e.